The van der Waals surface area contributed by atoms with Crippen molar-refractivity contribution in [3.8, 4) is 0 Å². The maximum absolute atomic E-state index is 11.9. The van der Waals surface area contributed by atoms with E-state index in [1.807, 2.05) is 24.3 Å². The zero-order chi connectivity index (χ0) is 14.2. The number of aromatic nitrogens is 3. The minimum Gasteiger partial charge on any atom is -0.369 e. The number of halogens is 1. The van der Waals surface area contributed by atoms with E-state index < -0.39 is 11.3 Å². The molecule has 1 aromatic heterocycles. The topological polar surface area (TPSA) is 73.8 Å². The van der Waals surface area contributed by atoms with Gasteiger partial charge in [-0.2, -0.15) is 0 Å². The lowest BCUT2D eigenvalue weighted by atomic mass is 9.80. The number of nitrogens with zero attached hydrogens (tertiary/aromatic N) is 3. The number of amides is 1. The first-order chi connectivity index (χ1) is 9.61. The highest BCUT2D eigenvalue weighted by molar-refractivity contribution is 6.31. The van der Waals surface area contributed by atoms with Gasteiger partial charge in [0.15, 0.2) is 0 Å². The molecule has 1 amide bonds. The number of carbonyl (C=O) groups excluding carboxylic acids is 1. The van der Waals surface area contributed by atoms with Crippen LogP contribution in [0.15, 0.2) is 47.5 Å². The Morgan fingerprint density at radius 3 is 2.95 bits per heavy atom. The smallest absolute Gasteiger partial charge is 0.229 e. The molecule has 1 unspecified atom stereocenters. The highest BCUT2D eigenvalue weighted by Crippen LogP contribution is 2.33. The Morgan fingerprint density at radius 2 is 2.25 bits per heavy atom. The number of hydrogen-bond donors (Lipinski definition) is 1. The van der Waals surface area contributed by atoms with Gasteiger partial charge in [0, 0.05) is 5.03 Å². The Labute approximate surface area is 120 Å². The zero-order valence-corrected chi connectivity index (χ0v) is 11.4. The summed E-state index contributed by atoms with van der Waals surface area (Å²) in [5, 5.41) is 8.81. The van der Waals surface area contributed by atoms with Gasteiger partial charge in [0.25, 0.3) is 0 Å². The number of primary amides is 1. The lowest BCUT2D eigenvalue weighted by Gasteiger charge is -2.28. The lowest BCUT2D eigenvalue weighted by molar-refractivity contribution is -0.125. The van der Waals surface area contributed by atoms with Crippen molar-refractivity contribution in [1.82, 2.24) is 15.0 Å². The molecule has 2 N–H and O–H groups in total. The van der Waals surface area contributed by atoms with Gasteiger partial charge in [-0.15, -0.1) is 5.10 Å². The largest absolute Gasteiger partial charge is 0.369 e. The van der Waals surface area contributed by atoms with E-state index in [2.05, 4.69) is 10.3 Å². The summed E-state index contributed by atoms with van der Waals surface area (Å²) in [6.07, 6.45) is 5.72. The molecule has 1 atom stereocenters. The van der Waals surface area contributed by atoms with E-state index in [1.165, 1.54) is 0 Å². The highest BCUT2D eigenvalue weighted by Gasteiger charge is 2.36. The highest BCUT2D eigenvalue weighted by atomic mass is 35.5. The molecule has 0 saturated carbocycles. The van der Waals surface area contributed by atoms with Gasteiger partial charge in [-0.3, -0.25) is 4.79 Å². The molecule has 2 aromatic rings. The van der Waals surface area contributed by atoms with Crippen molar-refractivity contribution >= 4 is 28.5 Å². The van der Waals surface area contributed by atoms with Crippen molar-refractivity contribution in [2.75, 3.05) is 0 Å². The average molecular weight is 289 g/mol. The second-order valence-electron chi connectivity index (χ2n) is 4.88. The van der Waals surface area contributed by atoms with Gasteiger partial charge in [-0.05, 0) is 24.6 Å². The molecular formula is C14H13ClN4O. The normalized spacial score (nSPS) is 21.9. The summed E-state index contributed by atoms with van der Waals surface area (Å²) in [4.78, 5) is 11.9. The molecule has 0 radical (unpaired) electrons. The summed E-state index contributed by atoms with van der Waals surface area (Å²) >= 11 is 5.91. The van der Waals surface area contributed by atoms with Crippen LogP contribution in [-0.4, -0.2) is 20.9 Å². The van der Waals surface area contributed by atoms with Crippen LogP contribution in [0.1, 0.15) is 6.42 Å². The third kappa shape index (κ3) is 2.10. The van der Waals surface area contributed by atoms with Crippen LogP contribution in [0.3, 0.4) is 0 Å². The van der Waals surface area contributed by atoms with E-state index in [0.29, 0.717) is 18.0 Å². The fourth-order valence-corrected chi connectivity index (χ4v) is 2.47. The molecule has 5 nitrogen and oxygen atoms in total. The van der Waals surface area contributed by atoms with E-state index in [9.17, 15) is 4.79 Å². The van der Waals surface area contributed by atoms with Crippen LogP contribution in [0.4, 0.5) is 0 Å². The van der Waals surface area contributed by atoms with Crippen molar-refractivity contribution in [2.24, 2.45) is 11.1 Å². The quantitative estimate of drug-likeness (QED) is 0.938. The van der Waals surface area contributed by atoms with Gasteiger partial charge < -0.3 is 5.73 Å². The number of fused-ring (bicyclic) bond motifs is 1. The lowest BCUT2D eigenvalue weighted by Crippen LogP contribution is -2.40. The molecule has 0 spiro atoms. The Balaban J connectivity index is 1.99. The Morgan fingerprint density at radius 1 is 1.45 bits per heavy atom. The SMILES string of the molecule is NC(=O)C1(Cn2nnc3ccccc32)C=CC(Cl)=CC1. The molecule has 0 aliphatic heterocycles. The van der Waals surface area contributed by atoms with Crippen LogP contribution in [0.5, 0.6) is 0 Å². The second kappa shape index (κ2) is 4.76. The molecule has 3 rings (SSSR count). The van der Waals surface area contributed by atoms with Crippen molar-refractivity contribution in [1.29, 1.82) is 0 Å². The van der Waals surface area contributed by atoms with Gasteiger partial charge >= 0.3 is 0 Å². The van der Waals surface area contributed by atoms with E-state index >= 15 is 0 Å². The van der Waals surface area contributed by atoms with E-state index in [4.69, 9.17) is 17.3 Å². The van der Waals surface area contributed by atoms with Gasteiger partial charge in [0.05, 0.1) is 17.5 Å². The predicted molar refractivity (Wildman–Crippen MR) is 76.8 cm³/mol. The number of para-hydroxylation sites is 1. The van der Waals surface area contributed by atoms with Crippen molar-refractivity contribution < 1.29 is 4.79 Å². The molecule has 0 saturated heterocycles. The van der Waals surface area contributed by atoms with Crippen LogP contribution >= 0.6 is 11.6 Å². The predicted octanol–water partition coefficient (Wildman–Crippen LogP) is 1.99. The fraction of sp³-hybridized carbons (Fsp3) is 0.214. The number of benzene rings is 1. The van der Waals surface area contributed by atoms with Crippen molar-refractivity contribution in [2.45, 2.75) is 13.0 Å². The van der Waals surface area contributed by atoms with Crippen LogP contribution in [0.2, 0.25) is 0 Å². The zero-order valence-electron chi connectivity index (χ0n) is 10.7. The maximum atomic E-state index is 11.9. The maximum Gasteiger partial charge on any atom is 0.229 e. The number of carbonyl (C=O) groups is 1. The molecule has 1 aliphatic rings. The Bertz CT molecular complexity index is 734. The first-order valence-corrected chi connectivity index (χ1v) is 6.62. The fourth-order valence-electron chi connectivity index (χ4n) is 2.33. The molecule has 0 fully saturated rings. The molecule has 1 heterocycles. The van der Waals surface area contributed by atoms with Gasteiger partial charge in [-0.1, -0.05) is 41.1 Å². The van der Waals surface area contributed by atoms with Crippen LogP contribution in [0.25, 0.3) is 11.0 Å². The molecule has 0 bridgehead atoms. The van der Waals surface area contributed by atoms with Gasteiger partial charge in [0.2, 0.25) is 5.91 Å². The van der Waals surface area contributed by atoms with Crippen molar-refractivity contribution in [3.05, 3.63) is 47.5 Å². The number of hydrogen-bond acceptors (Lipinski definition) is 3. The minimum atomic E-state index is -0.811. The summed E-state index contributed by atoms with van der Waals surface area (Å²) < 4.78 is 1.71. The molecule has 1 aromatic carbocycles. The first-order valence-electron chi connectivity index (χ1n) is 6.24. The van der Waals surface area contributed by atoms with E-state index in [1.54, 1.807) is 22.9 Å². The van der Waals surface area contributed by atoms with E-state index in [0.717, 1.165) is 11.0 Å². The molecule has 6 heteroatoms. The second-order valence-corrected chi connectivity index (χ2v) is 5.32. The number of allylic oxidation sites excluding steroid dienone is 3. The van der Waals surface area contributed by atoms with Crippen LogP contribution in [0, 0.1) is 5.41 Å². The summed E-state index contributed by atoms with van der Waals surface area (Å²) in [6, 6.07) is 7.60. The third-order valence-corrected chi connectivity index (χ3v) is 3.85. The number of rotatable bonds is 3. The summed E-state index contributed by atoms with van der Waals surface area (Å²) in [5.74, 6) is -0.395. The third-order valence-electron chi connectivity index (χ3n) is 3.57. The van der Waals surface area contributed by atoms with Gasteiger partial charge in [0.1, 0.15) is 5.52 Å². The molecule has 20 heavy (non-hydrogen) atoms. The summed E-state index contributed by atoms with van der Waals surface area (Å²) in [5.41, 5.74) is 6.44. The first kappa shape index (κ1) is 12.9. The summed E-state index contributed by atoms with van der Waals surface area (Å²) in [6.45, 7) is 0.347. The average Bonchev–Trinajstić information content (AvgIpc) is 2.85. The van der Waals surface area contributed by atoms with Crippen LogP contribution < -0.4 is 5.73 Å². The summed E-state index contributed by atoms with van der Waals surface area (Å²) in [7, 11) is 0. The monoisotopic (exact) mass is 288 g/mol. The number of nitrogens with two attached hydrogens (primary N) is 1. The van der Waals surface area contributed by atoms with E-state index in [-0.39, 0.29) is 0 Å². The molecule has 1 aliphatic carbocycles. The Kier molecular flexibility index (Phi) is 3.06. The molecular weight excluding hydrogens is 276 g/mol. The molecule has 102 valence electrons. The minimum absolute atomic E-state index is 0.347. The van der Waals surface area contributed by atoms with Crippen molar-refractivity contribution in [3.63, 3.8) is 0 Å². The Hall–Kier alpha value is -2.14. The van der Waals surface area contributed by atoms with Gasteiger partial charge in [-0.25, -0.2) is 4.68 Å². The van der Waals surface area contributed by atoms with Crippen LogP contribution in [-0.2, 0) is 11.3 Å². The standard InChI is InChI=1S/C14H13ClN4O/c15-10-5-7-14(8-6-10,13(16)20)9-19-12-4-2-1-3-11(12)17-18-19/h1-7H,8-9H2,(H2,16,20).